The van der Waals surface area contributed by atoms with Gasteiger partial charge in [-0.2, -0.15) is 23.3 Å². The summed E-state index contributed by atoms with van der Waals surface area (Å²) >= 11 is 0. The summed E-state index contributed by atoms with van der Waals surface area (Å²) in [6.07, 6.45) is -1.48. The predicted octanol–water partition coefficient (Wildman–Crippen LogP) is 4.06. The number of nitrogens with one attached hydrogen (secondary N) is 1. The highest BCUT2D eigenvalue weighted by Crippen LogP contribution is 2.34. The molecule has 10 heteroatoms. The number of carbonyl (C=O) groups excluding carboxylic acids is 1. The number of nitrogens with zero attached hydrogens (tertiary/aromatic N) is 5. The van der Waals surface area contributed by atoms with Gasteiger partial charge in [0.25, 0.3) is 5.91 Å². The van der Waals surface area contributed by atoms with E-state index in [0.717, 1.165) is 12.1 Å². The van der Waals surface area contributed by atoms with Crippen LogP contribution in [0.4, 0.5) is 24.8 Å². The van der Waals surface area contributed by atoms with Gasteiger partial charge in [-0.05, 0) is 31.2 Å². The summed E-state index contributed by atoms with van der Waals surface area (Å²) in [5, 5.41) is 4.27. The van der Waals surface area contributed by atoms with E-state index in [4.69, 9.17) is 6.57 Å². The van der Waals surface area contributed by atoms with Gasteiger partial charge in [0.15, 0.2) is 0 Å². The first-order chi connectivity index (χ1) is 13.3. The first-order valence-corrected chi connectivity index (χ1v) is 8.29. The molecule has 0 spiro atoms. The number of aromatic nitrogens is 4. The molecule has 3 heterocycles. The summed E-state index contributed by atoms with van der Waals surface area (Å²) < 4.78 is 40.0. The third-order valence-electron chi connectivity index (χ3n) is 4.57. The highest BCUT2D eigenvalue weighted by Gasteiger charge is 2.35. The van der Waals surface area contributed by atoms with Gasteiger partial charge in [-0.25, -0.2) is 0 Å². The average Bonchev–Trinajstić information content (AvgIpc) is 3.31. The number of alkyl halides is 3. The van der Waals surface area contributed by atoms with E-state index in [1.165, 1.54) is 29.4 Å². The predicted molar refractivity (Wildman–Crippen MR) is 93.9 cm³/mol. The Morgan fingerprint density at radius 3 is 2.57 bits per heavy atom. The van der Waals surface area contributed by atoms with Crippen molar-refractivity contribution in [3.05, 3.63) is 59.3 Å². The molecule has 0 fully saturated rings. The summed E-state index contributed by atoms with van der Waals surface area (Å²) in [6.45, 7) is 9.14. The minimum absolute atomic E-state index is 0.0888. The van der Waals surface area contributed by atoms with Gasteiger partial charge < -0.3 is 14.7 Å². The van der Waals surface area contributed by atoms with Crippen molar-refractivity contribution in [3.8, 4) is 11.3 Å². The Morgan fingerprint density at radius 1 is 1.25 bits per heavy atom. The Balaban J connectivity index is 1.73. The van der Waals surface area contributed by atoms with E-state index in [0.29, 0.717) is 22.6 Å². The Kier molecular flexibility index (Phi) is 3.96. The van der Waals surface area contributed by atoms with Crippen LogP contribution in [-0.2, 0) is 6.18 Å². The van der Waals surface area contributed by atoms with E-state index < -0.39 is 11.7 Å². The lowest BCUT2D eigenvalue weighted by Crippen LogP contribution is -2.42. The van der Waals surface area contributed by atoms with Crippen molar-refractivity contribution in [1.82, 2.24) is 19.7 Å². The van der Waals surface area contributed by atoms with Gasteiger partial charge in [-0.15, -0.1) is 6.57 Å². The maximum absolute atomic E-state index is 13.1. The molecular weight excluding hydrogens is 373 g/mol. The van der Waals surface area contributed by atoms with Gasteiger partial charge in [0.1, 0.15) is 17.6 Å². The smallest absolute Gasteiger partial charge is 0.397 e. The Morgan fingerprint density at radius 2 is 1.96 bits per heavy atom. The second-order valence-electron chi connectivity index (χ2n) is 6.39. The molecule has 0 radical (unpaired) electrons. The van der Waals surface area contributed by atoms with Gasteiger partial charge in [0, 0.05) is 12.2 Å². The van der Waals surface area contributed by atoms with Crippen LogP contribution in [0, 0.1) is 6.57 Å². The van der Waals surface area contributed by atoms with E-state index >= 15 is 0 Å². The molecule has 28 heavy (non-hydrogen) atoms. The average molecular weight is 386 g/mol. The van der Waals surface area contributed by atoms with Crippen LogP contribution in [0.3, 0.4) is 0 Å². The fourth-order valence-corrected chi connectivity index (χ4v) is 3.22. The molecule has 2 aromatic heterocycles. The SMILES string of the molecule is [C-]#[N+]c1ncc(-c2cnn3c2C(=O)N(c2ccc(C(F)(F)F)cc2)C[C@@H]3C)[nH]1. The van der Waals surface area contributed by atoms with E-state index in [2.05, 4.69) is 19.9 Å². The second-order valence-corrected chi connectivity index (χ2v) is 6.39. The van der Waals surface area contributed by atoms with Gasteiger partial charge >= 0.3 is 12.1 Å². The molecule has 1 aromatic carbocycles. The topological polar surface area (TPSA) is 71.2 Å². The standard InChI is InChI=1S/C18H13F3N6O/c1-10-9-26(12-5-3-11(4-6-12)18(19,20)21)16(28)15-13(7-24-27(10)15)14-8-23-17(22-2)25-14/h3-8,10H,9H2,1H3,(H,23,25)/t10-/m0/s1. The number of hydrogen-bond donors (Lipinski definition) is 1. The molecule has 4 rings (SSSR count). The first-order valence-electron chi connectivity index (χ1n) is 8.29. The maximum Gasteiger partial charge on any atom is 0.416 e. The molecule has 0 saturated carbocycles. The van der Waals surface area contributed by atoms with Crippen LogP contribution in [0.5, 0.6) is 0 Å². The van der Waals surface area contributed by atoms with Crippen LogP contribution in [0.1, 0.15) is 29.0 Å². The van der Waals surface area contributed by atoms with E-state index in [1.807, 2.05) is 6.92 Å². The van der Waals surface area contributed by atoms with Gasteiger partial charge in [-0.1, -0.05) is 0 Å². The van der Waals surface area contributed by atoms with Crippen molar-refractivity contribution >= 4 is 17.5 Å². The molecule has 1 atom stereocenters. The monoisotopic (exact) mass is 386 g/mol. The molecule has 0 bridgehead atoms. The lowest BCUT2D eigenvalue weighted by atomic mass is 10.1. The first kappa shape index (κ1) is 17.8. The van der Waals surface area contributed by atoms with Crippen LogP contribution >= 0.6 is 0 Å². The molecule has 142 valence electrons. The Bertz CT molecular complexity index is 1090. The van der Waals surface area contributed by atoms with Gasteiger partial charge in [0.2, 0.25) is 0 Å². The number of anilines is 1. The number of fused-ring (bicyclic) bond motifs is 1. The molecule has 1 N–H and O–H groups in total. The van der Waals surface area contributed by atoms with Crippen LogP contribution in [0.25, 0.3) is 16.1 Å². The molecule has 1 amide bonds. The molecular formula is C18H13F3N6O. The summed E-state index contributed by atoms with van der Waals surface area (Å²) in [5.74, 6) is -0.296. The zero-order valence-corrected chi connectivity index (χ0v) is 14.5. The van der Waals surface area contributed by atoms with Crippen molar-refractivity contribution < 1.29 is 18.0 Å². The number of aromatic amines is 1. The van der Waals surface area contributed by atoms with Crippen LogP contribution < -0.4 is 4.90 Å². The lowest BCUT2D eigenvalue weighted by Gasteiger charge is -2.32. The Hall–Kier alpha value is -3.61. The summed E-state index contributed by atoms with van der Waals surface area (Å²) in [4.78, 5) is 24.5. The number of imidazole rings is 1. The van der Waals surface area contributed by atoms with Crippen LogP contribution in [0.2, 0.25) is 0 Å². The number of hydrogen-bond acceptors (Lipinski definition) is 3. The molecule has 0 aliphatic carbocycles. The number of halogens is 3. The number of amides is 1. The molecule has 1 aliphatic heterocycles. The minimum atomic E-state index is -4.44. The quantitative estimate of drug-likeness (QED) is 0.675. The van der Waals surface area contributed by atoms with E-state index in [9.17, 15) is 18.0 Å². The van der Waals surface area contributed by atoms with Crippen LogP contribution in [-0.4, -0.2) is 32.2 Å². The fraction of sp³-hybridized carbons (Fsp3) is 0.222. The fourth-order valence-electron chi connectivity index (χ4n) is 3.22. The minimum Gasteiger partial charge on any atom is -0.397 e. The zero-order chi connectivity index (χ0) is 20.1. The summed E-state index contributed by atoms with van der Waals surface area (Å²) in [5.41, 5.74) is 0.843. The molecule has 0 saturated heterocycles. The number of H-pyrrole nitrogens is 1. The highest BCUT2D eigenvalue weighted by atomic mass is 19.4. The van der Waals surface area contributed by atoms with Crippen molar-refractivity contribution in [2.75, 3.05) is 11.4 Å². The van der Waals surface area contributed by atoms with Gasteiger partial charge in [-0.3, -0.25) is 9.48 Å². The van der Waals surface area contributed by atoms with E-state index in [1.54, 1.807) is 4.68 Å². The molecule has 1 aliphatic rings. The number of benzene rings is 1. The van der Waals surface area contributed by atoms with Crippen molar-refractivity contribution in [3.63, 3.8) is 0 Å². The molecule has 7 nitrogen and oxygen atoms in total. The summed E-state index contributed by atoms with van der Waals surface area (Å²) in [6, 6.07) is 4.29. The number of rotatable bonds is 2. The molecule has 0 unspecified atom stereocenters. The van der Waals surface area contributed by atoms with Gasteiger partial charge in [0.05, 0.1) is 23.4 Å². The number of carbonyl (C=O) groups is 1. The van der Waals surface area contributed by atoms with Crippen molar-refractivity contribution in [2.45, 2.75) is 19.1 Å². The normalized spacial score (nSPS) is 16.8. The van der Waals surface area contributed by atoms with Crippen molar-refractivity contribution in [1.29, 1.82) is 0 Å². The third-order valence-corrected chi connectivity index (χ3v) is 4.57. The Labute approximate surface area is 157 Å². The molecule has 3 aromatic rings. The largest absolute Gasteiger partial charge is 0.416 e. The van der Waals surface area contributed by atoms with E-state index in [-0.39, 0.29) is 24.4 Å². The maximum atomic E-state index is 13.1. The van der Waals surface area contributed by atoms with Crippen LogP contribution in [0.15, 0.2) is 36.7 Å². The zero-order valence-electron chi connectivity index (χ0n) is 14.5. The second kappa shape index (κ2) is 6.23. The summed E-state index contributed by atoms with van der Waals surface area (Å²) in [7, 11) is 0. The highest BCUT2D eigenvalue weighted by molar-refractivity contribution is 6.09. The van der Waals surface area contributed by atoms with Crippen molar-refractivity contribution in [2.24, 2.45) is 0 Å². The third kappa shape index (κ3) is 2.81. The lowest BCUT2D eigenvalue weighted by molar-refractivity contribution is -0.137.